The van der Waals surface area contributed by atoms with E-state index in [9.17, 15) is 10.1 Å². The maximum Gasteiger partial charge on any atom is 0.337 e. The molecule has 1 aromatic heterocycles. The SMILES string of the molecule is COC(=O)c1ccc(Nc2ccccc2OC)c(NC=C(C#N)c2nn[nH]n2)c1. The van der Waals surface area contributed by atoms with Crippen LogP contribution in [0.5, 0.6) is 5.75 Å². The van der Waals surface area contributed by atoms with Crippen molar-refractivity contribution in [2.24, 2.45) is 0 Å². The van der Waals surface area contributed by atoms with Crippen molar-refractivity contribution < 1.29 is 14.3 Å². The van der Waals surface area contributed by atoms with Gasteiger partial charge in [-0.15, -0.1) is 10.2 Å². The van der Waals surface area contributed by atoms with E-state index >= 15 is 0 Å². The Morgan fingerprint density at radius 3 is 2.69 bits per heavy atom. The lowest BCUT2D eigenvalue weighted by molar-refractivity contribution is 0.0601. The number of aromatic amines is 1. The minimum atomic E-state index is -0.487. The third-order valence-corrected chi connectivity index (χ3v) is 3.90. The Balaban J connectivity index is 1.98. The van der Waals surface area contributed by atoms with Crippen LogP contribution in [0.4, 0.5) is 17.1 Å². The Bertz CT molecular complexity index is 1070. The van der Waals surface area contributed by atoms with Crippen LogP contribution in [0.25, 0.3) is 5.57 Å². The summed E-state index contributed by atoms with van der Waals surface area (Å²) in [5.74, 6) is 0.304. The molecule has 0 fully saturated rings. The number of rotatable bonds is 7. The number of esters is 1. The molecular weight excluding hydrogens is 374 g/mol. The van der Waals surface area contributed by atoms with Gasteiger partial charge in [0.1, 0.15) is 17.4 Å². The maximum absolute atomic E-state index is 11.9. The van der Waals surface area contributed by atoms with Gasteiger partial charge in [0, 0.05) is 6.20 Å². The number of allylic oxidation sites excluding steroid dienone is 1. The number of H-pyrrole nitrogens is 1. The maximum atomic E-state index is 11.9. The summed E-state index contributed by atoms with van der Waals surface area (Å²) in [6.07, 6.45) is 1.43. The summed E-state index contributed by atoms with van der Waals surface area (Å²) in [7, 11) is 2.88. The Kier molecular flexibility index (Phi) is 6.02. The molecule has 1 heterocycles. The minimum absolute atomic E-state index is 0.142. The number of ether oxygens (including phenoxy) is 2. The number of para-hydroxylation sites is 2. The highest BCUT2D eigenvalue weighted by molar-refractivity contribution is 5.93. The van der Waals surface area contributed by atoms with Crippen LogP contribution in [0.1, 0.15) is 16.2 Å². The molecule has 2 aromatic carbocycles. The van der Waals surface area contributed by atoms with E-state index in [-0.39, 0.29) is 11.4 Å². The lowest BCUT2D eigenvalue weighted by Crippen LogP contribution is -2.04. The Hall–Kier alpha value is -4.39. The van der Waals surface area contributed by atoms with Crippen molar-refractivity contribution >= 4 is 28.6 Å². The average molecular weight is 391 g/mol. The molecule has 0 unspecified atom stereocenters. The predicted octanol–water partition coefficient (Wildman–Crippen LogP) is 2.72. The van der Waals surface area contributed by atoms with Gasteiger partial charge in [0.25, 0.3) is 0 Å². The van der Waals surface area contributed by atoms with E-state index in [0.717, 1.165) is 5.69 Å². The van der Waals surface area contributed by atoms with E-state index < -0.39 is 5.97 Å². The van der Waals surface area contributed by atoms with Crippen LogP contribution >= 0.6 is 0 Å². The average Bonchev–Trinajstić information content (AvgIpc) is 3.29. The molecule has 0 atom stereocenters. The molecule has 0 saturated carbocycles. The summed E-state index contributed by atoms with van der Waals surface area (Å²) in [5.41, 5.74) is 2.39. The van der Waals surface area contributed by atoms with Crippen LogP contribution in [-0.4, -0.2) is 40.8 Å². The number of carbonyl (C=O) groups excluding carboxylic acids is 1. The van der Waals surface area contributed by atoms with Crippen LogP contribution in [0, 0.1) is 11.3 Å². The molecule has 0 aliphatic carbocycles. The summed E-state index contributed by atoms with van der Waals surface area (Å²) in [5, 5.41) is 28.9. The summed E-state index contributed by atoms with van der Waals surface area (Å²) in [4.78, 5) is 11.9. The fraction of sp³-hybridized carbons (Fsp3) is 0.105. The second-order valence-electron chi connectivity index (χ2n) is 5.63. The molecule has 29 heavy (non-hydrogen) atoms. The number of carbonyl (C=O) groups is 1. The summed E-state index contributed by atoms with van der Waals surface area (Å²) in [6.45, 7) is 0. The second kappa shape index (κ2) is 9.01. The van der Waals surface area contributed by atoms with Crippen molar-refractivity contribution in [1.29, 1.82) is 5.26 Å². The van der Waals surface area contributed by atoms with Crippen molar-refractivity contribution in [3.8, 4) is 11.8 Å². The van der Waals surface area contributed by atoms with Crippen LogP contribution in [0.15, 0.2) is 48.7 Å². The van der Waals surface area contributed by atoms with Crippen LogP contribution in [0.3, 0.4) is 0 Å². The van der Waals surface area contributed by atoms with E-state index in [0.29, 0.717) is 22.7 Å². The number of anilines is 3. The molecule has 0 aliphatic heterocycles. The molecule has 10 heteroatoms. The van der Waals surface area contributed by atoms with E-state index in [1.54, 1.807) is 25.3 Å². The fourth-order valence-electron chi connectivity index (χ4n) is 2.48. The molecule has 0 aliphatic rings. The largest absolute Gasteiger partial charge is 0.495 e. The lowest BCUT2D eigenvalue weighted by Gasteiger charge is -2.15. The topological polar surface area (TPSA) is 138 Å². The van der Waals surface area contributed by atoms with Crippen LogP contribution in [-0.2, 0) is 4.74 Å². The standard InChI is InChI=1S/C19H17N7O3/c1-28-17-6-4-3-5-15(17)22-14-8-7-12(19(27)29-2)9-16(14)21-11-13(10-20)18-23-25-26-24-18/h3-9,11,21-22H,1-2H3,(H,23,24,25,26). The Labute approximate surface area is 166 Å². The monoisotopic (exact) mass is 391 g/mol. The zero-order valence-corrected chi connectivity index (χ0v) is 15.6. The molecule has 0 radical (unpaired) electrons. The third kappa shape index (κ3) is 4.48. The van der Waals surface area contributed by atoms with Gasteiger partial charge in [-0.3, -0.25) is 0 Å². The highest BCUT2D eigenvalue weighted by Crippen LogP contribution is 2.32. The van der Waals surface area contributed by atoms with Gasteiger partial charge in [-0.1, -0.05) is 12.1 Å². The van der Waals surface area contributed by atoms with E-state index in [4.69, 9.17) is 9.47 Å². The first-order valence-electron chi connectivity index (χ1n) is 8.39. The molecule has 0 spiro atoms. The van der Waals surface area contributed by atoms with Gasteiger partial charge in [0.15, 0.2) is 0 Å². The molecular formula is C19H17N7O3. The molecule has 3 N–H and O–H groups in total. The first-order valence-corrected chi connectivity index (χ1v) is 8.39. The smallest absolute Gasteiger partial charge is 0.337 e. The van der Waals surface area contributed by atoms with Gasteiger partial charge in [-0.05, 0) is 35.5 Å². The minimum Gasteiger partial charge on any atom is -0.495 e. The number of methoxy groups -OCH3 is 2. The summed E-state index contributed by atoms with van der Waals surface area (Å²) >= 11 is 0. The number of nitrogens with zero attached hydrogens (tertiary/aromatic N) is 4. The highest BCUT2D eigenvalue weighted by atomic mass is 16.5. The second-order valence-corrected chi connectivity index (χ2v) is 5.63. The van der Waals surface area contributed by atoms with Gasteiger partial charge in [0.05, 0.1) is 36.8 Å². The van der Waals surface area contributed by atoms with Gasteiger partial charge >= 0.3 is 5.97 Å². The normalized spacial score (nSPS) is 10.7. The van der Waals surface area contributed by atoms with Crippen molar-refractivity contribution in [1.82, 2.24) is 20.6 Å². The van der Waals surface area contributed by atoms with E-state index in [1.165, 1.54) is 13.3 Å². The van der Waals surface area contributed by atoms with Gasteiger partial charge in [-0.2, -0.15) is 10.5 Å². The van der Waals surface area contributed by atoms with Crippen molar-refractivity contribution in [3.63, 3.8) is 0 Å². The number of benzene rings is 2. The van der Waals surface area contributed by atoms with Gasteiger partial charge in [-0.25, -0.2) is 4.79 Å². The number of hydrogen-bond acceptors (Lipinski definition) is 9. The fourth-order valence-corrected chi connectivity index (χ4v) is 2.48. The summed E-state index contributed by atoms with van der Waals surface area (Å²) in [6, 6.07) is 14.3. The number of aromatic nitrogens is 4. The first-order chi connectivity index (χ1) is 14.2. The predicted molar refractivity (Wildman–Crippen MR) is 105 cm³/mol. The Morgan fingerprint density at radius 2 is 2.00 bits per heavy atom. The van der Waals surface area contributed by atoms with Gasteiger partial charge < -0.3 is 20.1 Å². The van der Waals surface area contributed by atoms with E-state index in [2.05, 4.69) is 31.3 Å². The number of nitriles is 1. The summed E-state index contributed by atoms with van der Waals surface area (Å²) < 4.78 is 10.1. The first kappa shape index (κ1) is 19.4. The van der Waals surface area contributed by atoms with Crippen LogP contribution in [0.2, 0.25) is 0 Å². The van der Waals surface area contributed by atoms with Crippen molar-refractivity contribution in [2.45, 2.75) is 0 Å². The molecule has 146 valence electrons. The zero-order chi connectivity index (χ0) is 20.6. The highest BCUT2D eigenvalue weighted by Gasteiger charge is 2.12. The number of hydrogen-bond donors (Lipinski definition) is 3. The Morgan fingerprint density at radius 1 is 1.17 bits per heavy atom. The molecule has 3 aromatic rings. The third-order valence-electron chi connectivity index (χ3n) is 3.90. The molecule has 0 bridgehead atoms. The molecule has 0 amide bonds. The van der Waals surface area contributed by atoms with Crippen molar-refractivity contribution in [2.75, 3.05) is 24.9 Å². The zero-order valence-electron chi connectivity index (χ0n) is 15.6. The molecule has 3 rings (SSSR count). The molecule has 10 nitrogen and oxygen atoms in total. The van der Waals surface area contributed by atoms with Crippen LogP contribution < -0.4 is 15.4 Å². The lowest BCUT2D eigenvalue weighted by atomic mass is 10.1. The number of nitrogens with one attached hydrogen (secondary N) is 3. The number of tetrazole rings is 1. The quantitative estimate of drug-likeness (QED) is 0.410. The van der Waals surface area contributed by atoms with E-state index in [1.807, 2.05) is 30.3 Å². The molecule has 0 saturated heterocycles. The van der Waals surface area contributed by atoms with Gasteiger partial charge in [0.2, 0.25) is 5.82 Å². The van der Waals surface area contributed by atoms with Crippen molar-refractivity contribution in [3.05, 3.63) is 60.1 Å².